The normalized spacial score (nSPS) is 10.6. The zero-order valence-electron chi connectivity index (χ0n) is 9.40. The van der Waals surface area contributed by atoms with Crippen molar-refractivity contribution in [3.05, 3.63) is 35.2 Å². The molecule has 0 spiro atoms. The molecule has 1 aromatic rings. The van der Waals surface area contributed by atoms with Gasteiger partial charge in [0.2, 0.25) is 0 Å². The fourth-order valence-electron chi connectivity index (χ4n) is 1.24. The summed E-state index contributed by atoms with van der Waals surface area (Å²) < 4.78 is 50.0. The zero-order chi connectivity index (χ0) is 11.6. The van der Waals surface area contributed by atoms with Crippen molar-refractivity contribution in [2.75, 3.05) is 0 Å². The number of benzene rings is 1. The molecule has 0 saturated heterocycles. The molecule has 0 aromatic heterocycles. The SMILES string of the molecule is CC(C)=Cc1ccc(F)c([B-](F)(F)F)c1.[K+]. The maximum atomic E-state index is 12.9. The van der Waals surface area contributed by atoms with E-state index in [0.29, 0.717) is 5.56 Å². The maximum Gasteiger partial charge on any atom is 1.00 e. The van der Waals surface area contributed by atoms with E-state index in [0.717, 1.165) is 17.7 Å². The summed E-state index contributed by atoms with van der Waals surface area (Å²) in [6, 6.07) is 3.01. The Kier molecular flexibility index (Phi) is 6.50. The Balaban J connectivity index is 0.00000225. The second kappa shape index (κ2) is 6.35. The van der Waals surface area contributed by atoms with Gasteiger partial charge in [-0.05, 0) is 25.5 Å². The van der Waals surface area contributed by atoms with Crippen LogP contribution in [-0.2, 0) is 0 Å². The van der Waals surface area contributed by atoms with Crippen molar-refractivity contribution in [1.29, 1.82) is 0 Å². The minimum atomic E-state index is -5.28. The van der Waals surface area contributed by atoms with Crippen LogP contribution in [0.25, 0.3) is 6.08 Å². The number of hydrogen-bond acceptors (Lipinski definition) is 0. The van der Waals surface area contributed by atoms with Gasteiger partial charge >= 0.3 is 58.4 Å². The molecule has 6 heteroatoms. The largest absolute Gasteiger partial charge is 1.00 e. The molecule has 16 heavy (non-hydrogen) atoms. The van der Waals surface area contributed by atoms with E-state index in [1.54, 1.807) is 19.9 Å². The standard InChI is InChI=1S/C10H10BF4.K/c1-7(2)5-8-3-4-10(12)9(6-8)11(13,14)15;/h3-6H,1-2H3;/q-1;+1. The van der Waals surface area contributed by atoms with Crippen molar-refractivity contribution < 1.29 is 68.7 Å². The average Bonchev–Trinajstić information content (AvgIpc) is 2.05. The Morgan fingerprint density at radius 2 is 1.75 bits per heavy atom. The van der Waals surface area contributed by atoms with Gasteiger partial charge in [-0.15, -0.1) is 0 Å². The third kappa shape index (κ3) is 4.71. The van der Waals surface area contributed by atoms with Gasteiger partial charge in [0.25, 0.3) is 0 Å². The van der Waals surface area contributed by atoms with Crippen LogP contribution in [0.2, 0.25) is 0 Å². The zero-order valence-corrected chi connectivity index (χ0v) is 12.5. The molecule has 0 aliphatic heterocycles. The predicted octanol–water partition coefficient (Wildman–Crippen LogP) is 0.307. The summed E-state index contributed by atoms with van der Waals surface area (Å²) in [5, 5.41) is 0. The van der Waals surface area contributed by atoms with Crippen LogP contribution in [0.1, 0.15) is 19.4 Å². The Labute approximate surface area is 135 Å². The van der Waals surface area contributed by atoms with Crippen molar-refractivity contribution in [2.24, 2.45) is 0 Å². The van der Waals surface area contributed by atoms with Gasteiger partial charge in [-0.2, -0.15) is 0 Å². The first-order valence-corrected chi connectivity index (χ1v) is 4.45. The van der Waals surface area contributed by atoms with Gasteiger partial charge in [0, 0.05) is 0 Å². The van der Waals surface area contributed by atoms with Crippen molar-refractivity contribution in [3.63, 3.8) is 0 Å². The van der Waals surface area contributed by atoms with Crippen molar-refractivity contribution in [2.45, 2.75) is 13.8 Å². The maximum absolute atomic E-state index is 12.9. The molecule has 0 radical (unpaired) electrons. The van der Waals surface area contributed by atoms with Crippen LogP contribution in [0.3, 0.4) is 0 Å². The van der Waals surface area contributed by atoms with Crippen LogP contribution < -0.4 is 56.8 Å². The fourth-order valence-corrected chi connectivity index (χ4v) is 1.24. The van der Waals surface area contributed by atoms with Crippen LogP contribution >= 0.6 is 0 Å². The molecule has 1 rings (SSSR count). The van der Waals surface area contributed by atoms with Gasteiger partial charge in [0.15, 0.2) is 0 Å². The molecule has 0 unspecified atom stereocenters. The summed E-state index contributed by atoms with van der Waals surface area (Å²) in [4.78, 5) is 0. The first-order valence-electron chi connectivity index (χ1n) is 4.45. The molecular formula is C10H10BF4K. The molecule has 82 valence electrons. The Bertz CT molecular complexity index is 394. The number of allylic oxidation sites excluding steroid dienone is 1. The van der Waals surface area contributed by atoms with Crippen LogP contribution in [0, 0.1) is 5.82 Å². The molecule has 0 fully saturated rings. The van der Waals surface area contributed by atoms with Crippen molar-refractivity contribution >= 4 is 18.5 Å². The van der Waals surface area contributed by atoms with Gasteiger partial charge in [-0.3, -0.25) is 0 Å². The first kappa shape index (κ1) is 16.4. The summed E-state index contributed by atoms with van der Waals surface area (Å²) in [7, 11) is 0. The van der Waals surface area contributed by atoms with E-state index in [1.807, 2.05) is 0 Å². The summed E-state index contributed by atoms with van der Waals surface area (Å²) in [6.07, 6.45) is 1.57. The smallest absolute Gasteiger partial charge is 0.445 e. The molecule has 1 aromatic carbocycles. The predicted molar refractivity (Wildman–Crippen MR) is 54.4 cm³/mol. The minimum absolute atomic E-state index is 0. The summed E-state index contributed by atoms with van der Waals surface area (Å²) >= 11 is 0. The summed E-state index contributed by atoms with van der Waals surface area (Å²) in [6.45, 7) is -1.75. The van der Waals surface area contributed by atoms with Crippen LogP contribution in [0.5, 0.6) is 0 Å². The average molecular weight is 256 g/mol. The van der Waals surface area contributed by atoms with E-state index in [-0.39, 0.29) is 51.4 Å². The van der Waals surface area contributed by atoms with E-state index in [2.05, 4.69) is 0 Å². The van der Waals surface area contributed by atoms with Gasteiger partial charge in [0.05, 0.1) is 5.82 Å². The molecule has 0 N–H and O–H groups in total. The Morgan fingerprint density at radius 1 is 1.19 bits per heavy atom. The second-order valence-corrected chi connectivity index (χ2v) is 3.58. The van der Waals surface area contributed by atoms with E-state index >= 15 is 0 Å². The summed E-state index contributed by atoms with van der Waals surface area (Å²) in [5.74, 6) is -1.21. The van der Waals surface area contributed by atoms with E-state index in [4.69, 9.17) is 0 Å². The second-order valence-electron chi connectivity index (χ2n) is 3.58. The van der Waals surface area contributed by atoms with Crippen molar-refractivity contribution in [3.8, 4) is 0 Å². The van der Waals surface area contributed by atoms with Gasteiger partial charge in [-0.25, -0.2) is 4.39 Å². The molecule has 0 aliphatic carbocycles. The molecule has 0 saturated carbocycles. The monoisotopic (exact) mass is 256 g/mol. The molecule has 0 bridgehead atoms. The third-order valence-electron chi connectivity index (χ3n) is 1.83. The van der Waals surface area contributed by atoms with E-state index < -0.39 is 18.3 Å². The quantitative estimate of drug-likeness (QED) is 0.527. The number of halogens is 4. The molecular weight excluding hydrogens is 246 g/mol. The Hall–Kier alpha value is 0.381. The van der Waals surface area contributed by atoms with Crippen LogP contribution in [0.15, 0.2) is 23.8 Å². The van der Waals surface area contributed by atoms with Crippen LogP contribution in [-0.4, -0.2) is 6.98 Å². The molecule has 0 atom stereocenters. The number of hydrogen-bond donors (Lipinski definition) is 0. The topological polar surface area (TPSA) is 0 Å². The first-order chi connectivity index (χ1) is 6.80. The molecule has 0 aliphatic rings. The third-order valence-corrected chi connectivity index (χ3v) is 1.83. The van der Waals surface area contributed by atoms with Gasteiger partial charge in [0.1, 0.15) is 0 Å². The van der Waals surface area contributed by atoms with Gasteiger partial charge in [-0.1, -0.05) is 29.2 Å². The molecule has 0 heterocycles. The van der Waals surface area contributed by atoms with Crippen LogP contribution in [0.4, 0.5) is 17.3 Å². The number of rotatable bonds is 2. The van der Waals surface area contributed by atoms with Gasteiger partial charge < -0.3 is 12.9 Å². The summed E-state index contributed by atoms with van der Waals surface area (Å²) in [5.41, 5.74) is 0.0674. The minimum Gasteiger partial charge on any atom is -0.445 e. The van der Waals surface area contributed by atoms with E-state index in [9.17, 15) is 17.3 Å². The van der Waals surface area contributed by atoms with Crippen molar-refractivity contribution in [1.82, 2.24) is 0 Å². The van der Waals surface area contributed by atoms with E-state index in [1.165, 1.54) is 6.07 Å². The fraction of sp³-hybridized carbons (Fsp3) is 0.200. The molecule has 0 nitrogen and oxygen atoms in total. The molecule has 0 amide bonds. The Morgan fingerprint density at radius 3 is 2.19 bits per heavy atom.